The van der Waals surface area contributed by atoms with Gasteiger partial charge in [0.2, 0.25) is 5.91 Å². The summed E-state index contributed by atoms with van der Waals surface area (Å²) in [4.78, 5) is 14.8. The lowest BCUT2D eigenvalue weighted by Gasteiger charge is -2.34. The highest BCUT2D eigenvalue weighted by Crippen LogP contribution is 2.56. The predicted molar refractivity (Wildman–Crippen MR) is 89.6 cm³/mol. The molecule has 4 rings (SSSR count). The molecule has 3 unspecified atom stereocenters. The quantitative estimate of drug-likeness (QED) is 0.920. The number of rotatable bonds is 3. The molecule has 0 bridgehead atoms. The molecular weight excluding hydrogens is 305 g/mol. The van der Waals surface area contributed by atoms with E-state index in [4.69, 9.17) is 0 Å². The molecular formula is C20H26FNO2. The lowest BCUT2D eigenvalue weighted by atomic mass is 9.87. The minimum Gasteiger partial charge on any atom is -0.388 e. The van der Waals surface area contributed by atoms with E-state index in [0.29, 0.717) is 23.7 Å². The number of carbonyl (C=O) groups is 1. The molecule has 1 aromatic rings. The molecule has 1 aliphatic heterocycles. The maximum absolute atomic E-state index is 13.0. The summed E-state index contributed by atoms with van der Waals surface area (Å²) >= 11 is 0. The van der Waals surface area contributed by atoms with Gasteiger partial charge in [-0.15, -0.1) is 0 Å². The van der Waals surface area contributed by atoms with Crippen molar-refractivity contribution in [3.8, 4) is 0 Å². The Hall–Kier alpha value is -1.42. The Balaban J connectivity index is 1.32. The van der Waals surface area contributed by atoms with Crippen molar-refractivity contribution in [1.82, 2.24) is 4.90 Å². The standard InChI is InChI=1S/C20H26FNO2/c21-15-7-5-13(6-8-15)19(23)14-9-11-22(12-10-14)20(24)18-16-3-1-2-4-17(16)18/h5-8,14,16-19,23H,1-4,9-12H2. The predicted octanol–water partition coefficient (Wildman–Crippen LogP) is 3.53. The first-order valence-electron chi connectivity index (χ1n) is 9.37. The number of aliphatic hydroxyl groups excluding tert-OH is 1. The van der Waals surface area contributed by atoms with Gasteiger partial charge in [-0.05, 0) is 61.1 Å². The Morgan fingerprint density at radius 1 is 1.04 bits per heavy atom. The summed E-state index contributed by atoms with van der Waals surface area (Å²) in [7, 11) is 0. The highest BCUT2D eigenvalue weighted by molar-refractivity contribution is 5.82. The topological polar surface area (TPSA) is 40.5 Å². The number of hydrogen-bond acceptors (Lipinski definition) is 2. The third-order valence-corrected chi connectivity index (χ3v) is 6.45. The zero-order valence-corrected chi connectivity index (χ0v) is 14.0. The number of amides is 1. The Bertz CT molecular complexity index is 582. The van der Waals surface area contributed by atoms with Gasteiger partial charge in [-0.3, -0.25) is 4.79 Å². The number of likely N-dealkylation sites (tertiary alicyclic amines) is 1. The van der Waals surface area contributed by atoms with E-state index in [1.54, 1.807) is 12.1 Å². The molecule has 1 saturated heterocycles. The van der Waals surface area contributed by atoms with Crippen LogP contribution in [0.1, 0.15) is 50.2 Å². The zero-order chi connectivity index (χ0) is 16.7. The van der Waals surface area contributed by atoms with Crippen LogP contribution in [0.4, 0.5) is 4.39 Å². The van der Waals surface area contributed by atoms with E-state index >= 15 is 0 Å². The highest BCUT2D eigenvalue weighted by Gasteiger charge is 2.55. The van der Waals surface area contributed by atoms with Crippen molar-refractivity contribution >= 4 is 5.91 Å². The zero-order valence-electron chi connectivity index (χ0n) is 14.0. The van der Waals surface area contributed by atoms with Crippen LogP contribution in [0.5, 0.6) is 0 Å². The van der Waals surface area contributed by atoms with Crippen LogP contribution in [0.3, 0.4) is 0 Å². The van der Waals surface area contributed by atoms with Gasteiger partial charge in [0.25, 0.3) is 0 Å². The van der Waals surface area contributed by atoms with Crippen LogP contribution in [-0.2, 0) is 4.79 Å². The van der Waals surface area contributed by atoms with Crippen molar-refractivity contribution in [2.45, 2.75) is 44.6 Å². The number of benzene rings is 1. The number of hydrogen-bond donors (Lipinski definition) is 1. The molecule has 1 heterocycles. The summed E-state index contributed by atoms with van der Waals surface area (Å²) < 4.78 is 13.0. The monoisotopic (exact) mass is 331 g/mol. The molecule has 130 valence electrons. The molecule has 24 heavy (non-hydrogen) atoms. The van der Waals surface area contributed by atoms with Gasteiger partial charge in [0.05, 0.1) is 6.10 Å². The minimum absolute atomic E-state index is 0.154. The first kappa shape index (κ1) is 16.1. The van der Waals surface area contributed by atoms with Gasteiger partial charge in [-0.25, -0.2) is 4.39 Å². The van der Waals surface area contributed by atoms with Crippen molar-refractivity contribution in [2.75, 3.05) is 13.1 Å². The van der Waals surface area contributed by atoms with Gasteiger partial charge >= 0.3 is 0 Å². The summed E-state index contributed by atoms with van der Waals surface area (Å²) in [6.07, 6.45) is 6.14. The van der Waals surface area contributed by atoms with Gasteiger partial charge in [0.15, 0.2) is 0 Å². The largest absolute Gasteiger partial charge is 0.388 e. The van der Waals surface area contributed by atoms with E-state index in [9.17, 15) is 14.3 Å². The molecule has 2 saturated carbocycles. The minimum atomic E-state index is -0.564. The third kappa shape index (κ3) is 2.97. The van der Waals surface area contributed by atoms with E-state index in [1.807, 2.05) is 4.90 Å². The lowest BCUT2D eigenvalue weighted by Crippen LogP contribution is -2.41. The smallest absolute Gasteiger partial charge is 0.226 e. The normalized spacial score (nSPS) is 31.4. The van der Waals surface area contributed by atoms with E-state index in [0.717, 1.165) is 31.5 Å². The Morgan fingerprint density at radius 3 is 2.21 bits per heavy atom. The van der Waals surface area contributed by atoms with Gasteiger partial charge in [-0.2, -0.15) is 0 Å². The van der Waals surface area contributed by atoms with Crippen molar-refractivity contribution in [3.05, 3.63) is 35.6 Å². The van der Waals surface area contributed by atoms with E-state index in [1.165, 1.54) is 37.8 Å². The molecule has 1 aromatic carbocycles. The third-order valence-electron chi connectivity index (χ3n) is 6.45. The van der Waals surface area contributed by atoms with Crippen LogP contribution in [0.15, 0.2) is 24.3 Å². The maximum atomic E-state index is 13.0. The van der Waals surface area contributed by atoms with E-state index < -0.39 is 6.10 Å². The van der Waals surface area contributed by atoms with Crippen molar-refractivity contribution in [2.24, 2.45) is 23.7 Å². The summed E-state index contributed by atoms with van der Waals surface area (Å²) in [5, 5.41) is 10.5. The van der Waals surface area contributed by atoms with Gasteiger partial charge in [-0.1, -0.05) is 25.0 Å². The number of aliphatic hydroxyl groups is 1. The number of halogens is 1. The molecule has 3 atom stereocenters. The summed E-state index contributed by atoms with van der Waals surface area (Å²) in [6, 6.07) is 6.11. The van der Waals surface area contributed by atoms with Crippen LogP contribution in [-0.4, -0.2) is 29.0 Å². The van der Waals surface area contributed by atoms with Crippen LogP contribution in [0.25, 0.3) is 0 Å². The number of carbonyl (C=O) groups excluding carboxylic acids is 1. The molecule has 2 aliphatic carbocycles. The number of piperidine rings is 1. The molecule has 3 nitrogen and oxygen atoms in total. The first-order valence-corrected chi connectivity index (χ1v) is 9.37. The summed E-state index contributed by atoms with van der Waals surface area (Å²) in [5.41, 5.74) is 0.773. The summed E-state index contributed by atoms with van der Waals surface area (Å²) in [6.45, 7) is 1.50. The molecule has 0 spiro atoms. The second-order valence-corrected chi connectivity index (χ2v) is 7.80. The number of nitrogens with zero attached hydrogens (tertiary/aromatic N) is 1. The average molecular weight is 331 g/mol. The van der Waals surface area contributed by atoms with E-state index in [-0.39, 0.29) is 11.7 Å². The second kappa shape index (κ2) is 6.47. The Kier molecular flexibility index (Phi) is 4.33. The Morgan fingerprint density at radius 2 is 1.62 bits per heavy atom. The highest BCUT2D eigenvalue weighted by atomic mass is 19.1. The molecule has 1 N–H and O–H groups in total. The van der Waals surface area contributed by atoms with Crippen LogP contribution in [0.2, 0.25) is 0 Å². The SMILES string of the molecule is O=C(C1C2CCCCC21)N1CCC(C(O)c2ccc(F)cc2)CC1. The Labute approximate surface area is 142 Å². The fraction of sp³-hybridized carbons (Fsp3) is 0.650. The summed E-state index contributed by atoms with van der Waals surface area (Å²) in [5.74, 6) is 1.86. The fourth-order valence-electron chi connectivity index (χ4n) is 4.94. The van der Waals surface area contributed by atoms with Crippen molar-refractivity contribution < 1.29 is 14.3 Å². The molecule has 1 amide bonds. The fourth-order valence-corrected chi connectivity index (χ4v) is 4.94. The van der Waals surface area contributed by atoms with Gasteiger partial charge < -0.3 is 10.0 Å². The molecule has 3 aliphatic rings. The number of fused-ring (bicyclic) bond motifs is 1. The molecule has 3 fully saturated rings. The molecule has 0 aromatic heterocycles. The average Bonchev–Trinajstić information content (AvgIpc) is 3.36. The van der Waals surface area contributed by atoms with Crippen LogP contribution < -0.4 is 0 Å². The second-order valence-electron chi connectivity index (χ2n) is 7.80. The van der Waals surface area contributed by atoms with Gasteiger partial charge in [0, 0.05) is 19.0 Å². The van der Waals surface area contributed by atoms with Crippen LogP contribution >= 0.6 is 0 Å². The molecule has 4 heteroatoms. The van der Waals surface area contributed by atoms with Crippen molar-refractivity contribution in [1.29, 1.82) is 0 Å². The van der Waals surface area contributed by atoms with Crippen LogP contribution in [0, 0.1) is 29.5 Å². The maximum Gasteiger partial charge on any atom is 0.226 e. The van der Waals surface area contributed by atoms with Gasteiger partial charge in [0.1, 0.15) is 5.82 Å². The van der Waals surface area contributed by atoms with E-state index in [2.05, 4.69) is 0 Å². The lowest BCUT2D eigenvalue weighted by molar-refractivity contribution is -0.135. The van der Waals surface area contributed by atoms with Crippen molar-refractivity contribution in [3.63, 3.8) is 0 Å². The molecule has 0 radical (unpaired) electrons. The first-order chi connectivity index (χ1) is 11.6.